The van der Waals surface area contributed by atoms with Gasteiger partial charge in [-0.25, -0.2) is 0 Å². The first-order valence-corrected chi connectivity index (χ1v) is 8.44. The number of piperidine rings is 1. The zero-order chi connectivity index (χ0) is 17.5. The largest absolute Gasteiger partial charge is 0.416 e. The second-order valence-electron chi connectivity index (χ2n) is 7.13. The van der Waals surface area contributed by atoms with Crippen LogP contribution in [0.15, 0.2) is 24.3 Å². The number of nitrogens with one attached hydrogen (secondary N) is 1. The van der Waals surface area contributed by atoms with Crippen LogP contribution in [0.1, 0.15) is 43.7 Å². The molecule has 0 radical (unpaired) electrons. The quantitative estimate of drug-likeness (QED) is 0.895. The fourth-order valence-electron chi connectivity index (χ4n) is 4.10. The number of benzene rings is 1. The summed E-state index contributed by atoms with van der Waals surface area (Å²) in [5.74, 6) is 0.112. The molecule has 24 heavy (non-hydrogen) atoms. The Hall–Kier alpha value is -1.56. The lowest BCUT2D eigenvalue weighted by molar-refractivity contribution is -0.139. The Balaban J connectivity index is 1.96. The molecule has 2 saturated heterocycles. The summed E-state index contributed by atoms with van der Waals surface area (Å²) in [5.41, 5.74) is -0.285. The Morgan fingerprint density at radius 1 is 1.17 bits per heavy atom. The van der Waals surface area contributed by atoms with Gasteiger partial charge in [-0.15, -0.1) is 0 Å². The van der Waals surface area contributed by atoms with Crippen LogP contribution >= 0.6 is 0 Å². The van der Waals surface area contributed by atoms with Gasteiger partial charge in [-0.2, -0.15) is 13.2 Å². The van der Waals surface area contributed by atoms with Crippen molar-refractivity contribution in [3.8, 4) is 0 Å². The zero-order valence-electron chi connectivity index (χ0n) is 14.0. The molecule has 0 aliphatic carbocycles. The van der Waals surface area contributed by atoms with Gasteiger partial charge in [-0.3, -0.25) is 4.79 Å². The third kappa shape index (κ3) is 2.81. The SMILES string of the molecule is CC(C)N1C[C@@H](c2ccc(C(F)(F)F)cc2)C2(CCNCC2)C1=O. The van der Waals surface area contributed by atoms with E-state index in [1.165, 1.54) is 0 Å². The first kappa shape index (κ1) is 17.3. The zero-order valence-corrected chi connectivity index (χ0v) is 14.0. The molecule has 0 aromatic heterocycles. The highest BCUT2D eigenvalue weighted by atomic mass is 19.4. The number of likely N-dealkylation sites (tertiary alicyclic amines) is 1. The van der Waals surface area contributed by atoms with E-state index in [2.05, 4.69) is 5.32 Å². The summed E-state index contributed by atoms with van der Waals surface area (Å²) in [5, 5.41) is 3.28. The Labute approximate surface area is 140 Å². The molecule has 0 saturated carbocycles. The average Bonchev–Trinajstić information content (AvgIpc) is 2.81. The lowest BCUT2D eigenvalue weighted by Gasteiger charge is -2.37. The predicted molar refractivity (Wildman–Crippen MR) is 85.6 cm³/mol. The van der Waals surface area contributed by atoms with Crippen molar-refractivity contribution in [3.05, 3.63) is 35.4 Å². The topological polar surface area (TPSA) is 32.3 Å². The molecule has 2 fully saturated rings. The maximum absolute atomic E-state index is 13.1. The molecule has 6 heteroatoms. The van der Waals surface area contributed by atoms with Gasteiger partial charge >= 0.3 is 6.18 Å². The summed E-state index contributed by atoms with van der Waals surface area (Å²) in [6, 6.07) is 5.46. The van der Waals surface area contributed by atoms with Crippen molar-refractivity contribution in [3.63, 3.8) is 0 Å². The lowest BCUT2D eigenvalue weighted by atomic mass is 9.68. The molecule has 0 bridgehead atoms. The maximum atomic E-state index is 13.1. The molecular weight excluding hydrogens is 317 g/mol. The van der Waals surface area contributed by atoms with Crippen LogP contribution in [0.4, 0.5) is 13.2 Å². The minimum absolute atomic E-state index is 0.0446. The van der Waals surface area contributed by atoms with Gasteiger partial charge in [0, 0.05) is 18.5 Å². The van der Waals surface area contributed by atoms with E-state index >= 15 is 0 Å². The minimum atomic E-state index is -4.33. The minimum Gasteiger partial charge on any atom is -0.339 e. The van der Waals surface area contributed by atoms with Crippen molar-refractivity contribution in [2.75, 3.05) is 19.6 Å². The molecule has 132 valence electrons. The third-order valence-electron chi connectivity index (χ3n) is 5.49. The number of carbonyl (C=O) groups is 1. The van der Waals surface area contributed by atoms with E-state index in [0.717, 1.165) is 43.6 Å². The average molecular weight is 340 g/mol. The summed E-state index contributed by atoms with van der Waals surface area (Å²) in [6.45, 7) is 6.11. The first-order valence-electron chi connectivity index (χ1n) is 8.44. The number of halogens is 3. The van der Waals surface area contributed by atoms with E-state index in [4.69, 9.17) is 0 Å². The summed E-state index contributed by atoms with van der Waals surface area (Å²) in [4.78, 5) is 14.9. The number of amides is 1. The van der Waals surface area contributed by atoms with E-state index in [1.54, 1.807) is 12.1 Å². The summed E-state index contributed by atoms with van der Waals surface area (Å²) in [6.07, 6.45) is -2.86. The van der Waals surface area contributed by atoms with Gasteiger partial charge in [0.05, 0.1) is 11.0 Å². The van der Waals surface area contributed by atoms with Gasteiger partial charge in [0.1, 0.15) is 0 Å². The van der Waals surface area contributed by atoms with Crippen molar-refractivity contribution in [1.29, 1.82) is 0 Å². The molecule has 1 aromatic rings. The standard InChI is InChI=1S/C18H23F3N2O/c1-12(2)23-11-15(17(16(23)24)7-9-22-10-8-17)13-3-5-14(6-4-13)18(19,20)21/h3-6,12,15,22H,7-11H2,1-2H3/t15-/m0/s1. The van der Waals surface area contributed by atoms with Crippen molar-refractivity contribution in [2.45, 2.75) is 44.8 Å². The van der Waals surface area contributed by atoms with E-state index in [0.29, 0.717) is 6.54 Å². The molecule has 1 aromatic carbocycles. The van der Waals surface area contributed by atoms with Crippen LogP contribution in [-0.4, -0.2) is 36.5 Å². The van der Waals surface area contributed by atoms with Gasteiger partial charge in [0.25, 0.3) is 0 Å². The molecule has 1 spiro atoms. The third-order valence-corrected chi connectivity index (χ3v) is 5.49. The van der Waals surface area contributed by atoms with Crippen LogP contribution in [0.3, 0.4) is 0 Å². The lowest BCUT2D eigenvalue weighted by Crippen LogP contribution is -2.45. The second kappa shape index (κ2) is 6.06. The van der Waals surface area contributed by atoms with Crippen molar-refractivity contribution >= 4 is 5.91 Å². The highest BCUT2D eigenvalue weighted by molar-refractivity contribution is 5.87. The van der Waals surface area contributed by atoms with Crippen LogP contribution in [0.25, 0.3) is 0 Å². The predicted octanol–water partition coefficient (Wildman–Crippen LogP) is 3.41. The number of hydrogen-bond donors (Lipinski definition) is 1. The normalized spacial score (nSPS) is 24.2. The highest BCUT2D eigenvalue weighted by Gasteiger charge is 2.54. The van der Waals surface area contributed by atoms with Crippen LogP contribution in [0.2, 0.25) is 0 Å². The highest BCUT2D eigenvalue weighted by Crippen LogP contribution is 2.50. The number of alkyl halides is 3. The van der Waals surface area contributed by atoms with Gasteiger partial charge in [-0.05, 0) is 57.5 Å². The maximum Gasteiger partial charge on any atom is 0.416 e. The van der Waals surface area contributed by atoms with Gasteiger partial charge in [-0.1, -0.05) is 12.1 Å². The van der Waals surface area contributed by atoms with Crippen LogP contribution in [-0.2, 0) is 11.0 Å². The molecule has 2 aliphatic heterocycles. The number of hydrogen-bond acceptors (Lipinski definition) is 2. The van der Waals surface area contributed by atoms with Gasteiger partial charge < -0.3 is 10.2 Å². The molecular formula is C18H23F3N2O. The molecule has 1 N–H and O–H groups in total. The van der Waals surface area contributed by atoms with E-state index in [9.17, 15) is 18.0 Å². The van der Waals surface area contributed by atoms with Crippen molar-refractivity contribution in [2.24, 2.45) is 5.41 Å². The molecule has 3 rings (SSSR count). The monoisotopic (exact) mass is 340 g/mol. The molecule has 2 heterocycles. The van der Waals surface area contributed by atoms with Gasteiger partial charge in [0.15, 0.2) is 0 Å². The van der Waals surface area contributed by atoms with Crippen molar-refractivity contribution < 1.29 is 18.0 Å². The summed E-state index contributed by atoms with van der Waals surface area (Å²) < 4.78 is 38.4. The number of nitrogens with zero attached hydrogens (tertiary/aromatic N) is 1. The summed E-state index contributed by atoms with van der Waals surface area (Å²) >= 11 is 0. The Morgan fingerprint density at radius 3 is 2.25 bits per heavy atom. The summed E-state index contributed by atoms with van der Waals surface area (Å²) in [7, 11) is 0. The Morgan fingerprint density at radius 2 is 1.75 bits per heavy atom. The van der Waals surface area contributed by atoms with E-state index in [1.807, 2.05) is 18.7 Å². The van der Waals surface area contributed by atoms with Crippen molar-refractivity contribution in [1.82, 2.24) is 10.2 Å². The molecule has 1 amide bonds. The molecule has 3 nitrogen and oxygen atoms in total. The Bertz CT molecular complexity index is 604. The first-order chi connectivity index (χ1) is 11.3. The second-order valence-corrected chi connectivity index (χ2v) is 7.13. The fourth-order valence-corrected chi connectivity index (χ4v) is 4.10. The number of rotatable bonds is 2. The Kier molecular flexibility index (Phi) is 4.36. The van der Waals surface area contributed by atoms with Gasteiger partial charge in [0.2, 0.25) is 5.91 Å². The molecule has 0 unspecified atom stereocenters. The molecule has 1 atom stereocenters. The van der Waals surface area contributed by atoms with Crippen LogP contribution in [0.5, 0.6) is 0 Å². The number of carbonyl (C=O) groups excluding carboxylic acids is 1. The van der Waals surface area contributed by atoms with E-state index < -0.39 is 17.2 Å². The fraction of sp³-hybridized carbons (Fsp3) is 0.611. The van der Waals surface area contributed by atoms with Crippen LogP contribution in [0, 0.1) is 5.41 Å². The van der Waals surface area contributed by atoms with Crippen LogP contribution < -0.4 is 5.32 Å². The molecule has 2 aliphatic rings. The van der Waals surface area contributed by atoms with E-state index in [-0.39, 0.29) is 17.9 Å². The smallest absolute Gasteiger partial charge is 0.339 e.